The van der Waals surface area contributed by atoms with Crippen LogP contribution in [0.25, 0.3) is 0 Å². The van der Waals surface area contributed by atoms with Gasteiger partial charge < -0.3 is 9.84 Å². The van der Waals surface area contributed by atoms with Gasteiger partial charge in [-0.3, -0.25) is 0 Å². The van der Waals surface area contributed by atoms with Crippen molar-refractivity contribution < 1.29 is 9.84 Å². The molecule has 2 heteroatoms. The number of hydrogen-bond donors (Lipinski definition) is 1. The van der Waals surface area contributed by atoms with Crippen LogP contribution in [-0.4, -0.2) is 18.3 Å². The molecule has 102 valence electrons. The fraction of sp³-hybridized carbons (Fsp3) is 0.625. The van der Waals surface area contributed by atoms with Crippen LogP contribution in [0, 0.1) is 5.92 Å². The summed E-state index contributed by atoms with van der Waals surface area (Å²) in [5.41, 5.74) is 0.930. The highest BCUT2D eigenvalue weighted by Gasteiger charge is 2.10. The zero-order valence-corrected chi connectivity index (χ0v) is 11.6. The van der Waals surface area contributed by atoms with Gasteiger partial charge in [-0.2, -0.15) is 0 Å². The predicted molar refractivity (Wildman–Crippen MR) is 75.5 cm³/mol. The molecule has 0 saturated carbocycles. The van der Waals surface area contributed by atoms with Gasteiger partial charge in [0.1, 0.15) is 6.10 Å². The van der Waals surface area contributed by atoms with Gasteiger partial charge in [0, 0.05) is 6.61 Å². The molecule has 1 rings (SSSR count). The summed E-state index contributed by atoms with van der Waals surface area (Å²) in [5.74, 6) is 0.632. The SMILES string of the molecule is CCCCC(CC)COCC(O)c1ccccc1. The molecule has 0 aromatic heterocycles. The van der Waals surface area contributed by atoms with Crippen molar-refractivity contribution in [1.29, 1.82) is 0 Å². The van der Waals surface area contributed by atoms with Crippen molar-refractivity contribution in [2.75, 3.05) is 13.2 Å². The molecule has 1 N–H and O–H groups in total. The Hall–Kier alpha value is -0.860. The van der Waals surface area contributed by atoms with Gasteiger partial charge in [-0.15, -0.1) is 0 Å². The molecule has 0 aliphatic heterocycles. The van der Waals surface area contributed by atoms with Gasteiger partial charge in [-0.05, 0) is 17.9 Å². The number of unbranched alkanes of at least 4 members (excludes halogenated alkanes) is 1. The van der Waals surface area contributed by atoms with Crippen LogP contribution in [0.5, 0.6) is 0 Å². The van der Waals surface area contributed by atoms with Gasteiger partial charge in [-0.25, -0.2) is 0 Å². The first-order valence-corrected chi connectivity index (χ1v) is 7.08. The quantitative estimate of drug-likeness (QED) is 0.719. The molecule has 0 amide bonds. The van der Waals surface area contributed by atoms with E-state index in [0.29, 0.717) is 12.5 Å². The maximum absolute atomic E-state index is 9.96. The summed E-state index contributed by atoms with van der Waals surface area (Å²) in [6, 6.07) is 9.70. The highest BCUT2D eigenvalue weighted by atomic mass is 16.5. The van der Waals surface area contributed by atoms with Crippen LogP contribution >= 0.6 is 0 Å². The van der Waals surface area contributed by atoms with E-state index in [-0.39, 0.29) is 0 Å². The van der Waals surface area contributed by atoms with Crippen molar-refractivity contribution in [1.82, 2.24) is 0 Å². The second-order valence-electron chi connectivity index (χ2n) is 4.88. The normalized spacial score (nSPS) is 14.4. The minimum Gasteiger partial charge on any atom is -0.386 e. The molecule has 2 atom stereocenters. The smallest absolute Gasteiger partial charge is 0.102 e. The summed E-state index contributed by atoms with van der Waals surface area (Å²) < 4.78 is 5.65. The van der Waals surface area contributed by atoms with E-state index < -0.39 is 6.10 Å². The van der Waals surface area contributed by atoms with Gasteiger partial charge in [0.2, 0.25) is 0 Å². The van der Waals surface area contributed by atoms with Gasteiger partial charge >= 0.3 is 0 Å². The molecule has 0 fully saturated rings. The van der Waals surface area contributed by atoms with Gasteiger partial charge in [0.25, 0.3) is 0 Å². The van der Waals surface area contributed by atoms with Crippen molar-refractivity contribution in [2.45, 2.75) is 45.6 Å². The number of benzene rings is 1. The predicted octanol–water partition coefficient (Wildman–Crippen LogP) is 3.95. The van der Waals surface area contributed by atoms with E-state index in [4.69, 9.17) is 4.74 Å². The minimum absolute atomic E-state index is 0.395. The highest BCUT2D eigenvalue weighted by molar-refractivity contribution is 5.17. The summed E-state index contributed by atoms with van der Waals surface area (Å²) in [7, 11) is 0. The molecule has 0 bridgehead atoms. The van der Waals surface area contributed by atoms with Crippen molar-refractivity contribution in [3.63, 3.8) is 0 Å². The molecule has 0 aliphatic carbocycles. The van der Waals surface area contributed by atoms with Gasteiger partial charge in [-0.1, -0.05) is 63.4 Å². The summed E-state index contributed by atoms with van der Waals surface area (Å²) in [6.45, 7) is 5.58. The molecule has 0 saturated heterocycles. The second kappa shape index (κ2) is 9.12. The van der Waals surface area contributed by atoms with Crippen LogP contribution in [0.4, 0.5) is 0 Å². The molecular formula is C16H26O2. The topological polar surface area (TPSA) is 29.5 Å². The van der Waals surface area contributed by atoms with Crippen LogP contribution in [0.1, 0.15) is 51.2 Å². The molecule has 0 heterocycles. The first kappa shape index (κ1) is 15.2. The Morgan fingerprint density at radius 2 is 1.83 bits per heavy atom. The zero-order chi connectivity index (χ0) is 13.2. The van der Waals surface area contributed by atoms with E-state index in [9.17, 15) is 5.11 Å². The first-order valence-electron chi connectivity index (χ1n) is 7.08. The third kappa shape index (κ3) is 5.65. The standard InChI is InChI=1S/C16H26O2/c1-3-5-9-14(4-2)12-18-13-16(17)15-10-7-6-8-11-15/h6-8,10-11,14,16-17H,3-5,9,12-13H2,1-2H3. The number of aliphatic hydroxyl groups excluding tert-OH is 1. The molecule has 1 aromatic rings. The monoisotopic (exact) mass is 250 g/mol. The molecule has 18 heavy (non-hydrogen) atoms. The van der Waals surface area contributed by atoms with Crippen molar-refractivity contribution in [3.8, 4) is 0 Å². The van der Waals surface area contributed by atoms with E-state index in [1.165, 1.54) is 19.3 Å². The molecule has 2 nitrogen and oxygen atoms in total. The Morgan fingerprint density at radius 1 is 1.11 bits per heavy atom. The molecule has 0 spiro atoms. The fourth-order valence-corrected chi connectivity index (χ4v) is 2.02. The Bertz CT molecular complexity index is 297. The Labute approximate surface area is 111 Å². The number of hydrogen-bond acceptors (Lipinski definition) is 2. The van der Waals surface area contributed by atoms with Crippen LogP contribution in [0.3, 0.4) is 0 Å². The average Bonchev–Trinajstić information content (AvgIpc) is 2.43. The average molecular weight is 250 g/mol. The van der Waals surface area contributed by atoms with Crippen molar-refractivity contribution in [2.24, 2.45) is 5.92 Å². The van der Waals surface area contributed by atoms with E-state index >= 15 is 0 Å². The van der Waals surface area contributed by atoms with Gasteiger partial charge in [0.15, 0.2) is 0 Å². The van der Waals surface area contributed by atoms with E-state index in [1.54, 1.807) is 0 Å². The van der Waals surface area contributed by atoms with Crippen LogP contribution < -0.4 is 0 Å². The first-order chi connectivity index (χ1) is 8.77. The minimum atomic E-state index is -0.505. The number of ether oxygens (including phenoxy) is 1. The third-order valence-corrected chi connectivity index (χ3v) is 3.36. The Kier molecular flexibility index (Phi) is 7.70. The third-order valence-electron chi connectivity index (χ3n) is 3.36. The van der Waals surface area contributed by atoms with Crippen LogP contribution in [0.15, 0.2) is 30.3 Å². The van der Waals surface area contributed by atoms with Crippen LogP contribution in [0.2, 0.25) is 0 Å². The molecule has 0 aliphatic rings. The Morgan fingerprint density at radius 3 is 2.44 bits per heavy atom. The summed E-state index contributed by atoms with van der Waals surface area (Å²) in [5, 5.41) is 9.96. The maximum Gasteiger partial charge on any atom is 0.102 e. The number of aliphatic hydroxyl groups is 1. The molecule has 2 unspecified atom stereocenters. The van der Waals surface area contributed by atoms with E-state index in [1.807, 2.05) is 30.3 Å². The lowest BCUT2D eigenvalue weighted by atomic mass is 10.0. The van der Waals surface area contributed by atoms with Crippen molar-refractivity contribution >= 4 is 0 Å². The molecular weight excluding hydrogens is 224 g/mol. The number of rotatable bonds is 9. The zero-order valence-electron chi connectivity index (χ0n) is 11.6. The summed E-state index contributed by atoms with van der Waals surface area (Å²) in [4.78, 5) is 0. The molecule has 1 aromatic carbocycles. The van der Waals surface area contributed by atoms with E-state index in [2.05, 4.69) is 13.8 Å². The maximum atomic E-state index is 9.96. The van der Waals surface area contributed by atoms with Crippen molar-refractivity contribution in [3.05, 3.63) is 35.9 Å². The largest absolute Gasteiger partial charge is 0.386 e. The second-order valence-corrected chi connectivity index (χ2v) is 4.88. The van der Waals surface area contributed by atoms with E-state index in [0.717, 1.165) is 18.6 Å². The van der Waals surface area contributed by atoms with Gasteiger partial charge in [0.05, 0.1) is 6.61 Å². The van der Waals surface area contributed by atoms with Crippen LogP contribution in [-0.2, 0) is 4.74 Å². The highest BCUT2D eigenvalue weighted by Crippen LogP contribution is 2.16. The summed E-state index contributed by atoms with van der Waals surface area (Å²) in [6.07, 6.45) is 4.39. The fourth-order valence-electron chi connectivity index (χ4n) is 2.02. The molecule has 0 radical (unpaired) electrons. The Balaban J connectivity index is 2.24. The lowest BCUT2D eigenvalue weighted by Crippen LogP contribution is -2.13. The summed E-state index contributed by atoms with van der Waals surface area (Å²) >= 11 is 0. The lowest BCUT2D eigenvalue weighted by molar-refractivity contribution is 0.0181. The lowest BCUT2D eigenvalue weighted by Gasteiger charge is -2.17.